The Kier molecular flexibility index (Phi) is 58.7. The number of carbonyl (C=O) groups excluding carboxylic acids is 2. The van der Waals surface area contributed by atoms with Gasteiger partial charge in [-0.25, -0.2) is 4.57 Å². The molecule has 0 saturated heterocycles. The summed E-state index contributed by atoms with van der Waals surface area (Å²) in [7, 11) is 1.47. The number of allylic oxidation sites excluding steroid dienone is 18. The van der Waals surface area contributed by atoms with E-state index in [2.05, 4.69) is 123 Å². The van der Waals surface area contributed by atoms with Gasteiger partial charge in [-0.3, -0.25) is 18.6 Å². The summed E-state index contributed by atoms with van der Waals surface area (Å²) >= 11 is 0. The number of quaternary nitrogens is 1. The average Bonchev–Trinajstić information content (AvgIpc) is 3.43. The van der Waals surface area contributed by atoms with Gasteiger partial charge in [-0.2, -0.15) is 0 Å². The van der Waals surface area contributed by atoms with E-state index in [-0.39, 0.29) is 32.0 Å². The lowest BCUT2D eigenvalue weighted by Crippen LogP contribution is -2.37. The standard InChI is InChI=1S/C71H124NO8P/c1-6-8-10-12-14-16-18-20-22-24-26-28-29-30-31-32-33-34-35-36-37-38-39-40-41-42-43-44-46-48-50-52-54-56-58-60-62-64-71(74)80-69(68-79-81(75,76)78-66-65-72(3,4)5)67-77-70(73)63-61-59-57-55-53-51-49-47-45-27-25-23-21-19-17-15-13-11-9-7-2/h8,10,14,16,20,22,26,28,30-31,33-34,36-37,39-40,42-43,69H,6-7,9,11-13,15,17-19,21,23-25,27,29,32,35,38,41,44-68H2,1-5H3/p+1/b10-8-,16-14-,22-20-,28-26-,31-30-,34-33-,37-36-,40-39-,43-42-. The van der Waals surface area contributed by atoms with Gasteiger partial charge in [-0.15, -0.1) is 0 Å². The molecule has 81 heavy (non-hydrogen) atoms. The molecule has 0 amide bonds. The number of unbranched alkanes of at least 4 members (excludes halogenated alkanes) is 28. The maximum Gasteiger partial charge on any atom is 0.472 e. The van der Waals surface area contributed by atoms with Gasteiger partial charge in [0.15, 0.2) is 6.10 Å². The molecule has 0 aromatic rings. The van der Waals surface area contributed by atoms with Crippen LogP contribution in [-0.2, 0) is 32.7 Å². The largest absolute Gasteiger partial charge is 0.472 e. The predicted octanol–water partition coefficient (Wildman–Crippen LogP) is 21.3. The highest BCUT2D eigenvalue weighted by atomic mass is 31.2. The second-order valence-corrected chi connectivity index (χ2v) is 24.6. The van der Waals surface area contributed by atoms with Crippen molar-refractivity contribution in [3.8, 4) is 0 Å². The van der Waals surface area contributed by atoms with Crippen molar-refractivity contribution in [1.82, 2.24) is 0 Å². The normalized spacial score (nSPS) is 13.9. The van der Waals surface area contributed by atoms with E-state index >= 15 is 0 Å². The van der Waals surface area contributed by atoms with Gasteiger partial charge in [0.2, 0.25) is 0 Å². The zero-order chi connectivity index (χ0) is 59.1. The summed E-state index contributed by atoms with van der Waals surface area (Å²) in [5.74, 6) is -0.799. The van der Waals surface area contributed by atoms with E-state index in [1.165, 1.54) is 141 Å². The van der Waals surface area contributed by atoms with Gasteiger partial charge in [0, 0.05) is 12.8 Å². The van der Waals surface area contributed by atoms with Crippen molar-refractivity contribution in [1.29, 1.82) is 0 Å². The Labute approximate surface area is 499 Å². The molecule has 1 N–H and O–H groups in total. The first-order chi connectivity index (χ1) is 39.5. The van der Waals surface area contributed by atoms with E-state index < -0.39 is 26.5 Å². The molecule has 466 valence electrons. The van der Waals surface area contributed by atoms with E-state index in [1.807, 2.05) is 21.1 Å². The van der Waals surface area contributed by atoms with Gasteiger partial charge < -0.3 is 18.9 Å². The molecule has 2 unspecified atom stereocenters. The SMILES string of the molecule is CC/C=C\C/C=C\C/C=C\C/C=C\C/C=C\C/C=C\C/C=C\C/C=C\C/C=C\CCCCCCCCCCCC(=O)OC(COC(=O)CCCCCCCCCCCCCCCCCCCCCC)COP(=O)(O)OCC[N+](C)(C)C. The molecule has 0 heterocycles. The number of hydrogen-bond acceptors (Lipinski definition) is 7. The Morgan fingerprint density at radius 3 is 1.05 bits per heavy atom. The zero-order valence-electron chi connectivity index (χ0n) is 53.0. The van der Waals surface area contributed by atoms with Crippen LogP contribution in [0, 0.1) is 0 Å². The van der Waals surface area contributed by atoms with E-state index in [0.29, 0.717) is 17.4 Å². The molecular formula is C71H125NO8P+. The number of nitrogens with zero attached hydrogens (tertiary/aromatic N) is 1. The summed E-state index contributed by atoms with van der Waals surface area (Å²) in [6.07, 6.45) is 86.0. The third-order valence-electron chi connectivity index (χ3n) is 14.1. The third-order valence-corrected chi connectivity index (χ3v) is 15.1. The van der Waals surface area contributed by atoms with Gasteiger partial charge in [0.1, 0.15) is 19.8 Å². The topological polar surface area (TPSA) is 108 Å². The summed E-state index contributed by atoms with van der Waals surface area (Å²) in [6, 6.07) is 0. The maximum atomic E-state index is 12.9. The Morgan fingerprint density at radius 1 is 0.395 bits per heavy atom. The van der Waals surface area contributed by atoms with Crippen molar-refractivity contribution in [2.75, 3.05) is 47.5 Å². The Hall–Kier alpha value is -3.33. The molecule has 2 atom stereocenters. The van der Waals surface area contributed by atoms with Crippen LogP contribution in [0.25, 0.3) is 0 Å². The fourth-order valence-corrected chi connectivity index (χ4v) is 9.75. The third kappa shape index (κ3) is 65.7. The second kappa shape index (κ2) is 61.2. The van der Waals surface area contributed by atoms with Gasteiger partial charge >= 0.3 is 19.8 Å². The highest BCUT2D eigenvalue weighted by Crippen LogP contribution is 2.43. The minimum atomic E-state index is -4.40. The Bertz CT molecular complexity index is 1730. The van der Waals surface area contributed by atoms with Crippen molar-refractivity contribution < 1.29 is 42.1 Å². The lowest BCUT2D eigenvalue weighted by Gasteiger charge is -2.24. The molecule has 0 bridgehead atoms. The van der Waals surface area contributed by atoms with Crippen LogP contribution in [0.15, 0.2) is 109 Å². The van der Waals surface area contributed by atoms with Crippen LogP contribution in [0.1, 0.15) is 277 Å². The van der Waals surface area contributed by atoms with Crippen molar-refractivity contribution in [3.63, 3.8) is 0 Å². The van der Waals surface area contributed by atoms with Crippen molar-refractivity contribution in [3.05, 3.63) is 109 Å². The van der Waals surface area contributed by atoms with Gasteiger partial charge in [0.25, 0.3) is 0 Å². The van der Waals surface area contributed by atoms with Gasteiger partial charge in [-0.1, -0.05) is 290 Å². The molecule has 0 aromatic carbocycles. The molecule has 0 rings (SSSR count). The van der Waals surface area contributed by atoms with Gasteiger partial charge in [0.05, 0.1) is 27.7 Å². The van der Waals surface area contributed by atoms with Crippen LogP contribution in [0.3, 0.4) is 0 Å². The highest BCUT2D eigenvalue weighted by Gasteiger charge is 2.27. The number of rotatable bonds is 60. The van der Waals surface area contributed by atoms with Gasteiger partial charge in [-0.05, 0) is 83.5 Å². The first-order valence-corrected chi connectivity index (χ1v) is 34.6. The first kappa shape index (κ1) is 77.7. The minimum Gasteiger partial charge on any atom is -0.462 e. The quantitative estimate of drug-likeness (QED) is 0.0211. The number of ether oxygens (including phenoxy) is 2. The summed E-state index contributed by atoms with van der Waals surface area (Å²) in [6.45, 7) is 4.34. The van der Waals surface area contributed by atoms with Crippen LogP contribution >= 0.6 is 7.82 Å². The van der Waals surface area contributed by atoms with E-state index in [1.54, 1.807) is 0 Å². The summed E-state index contributed by atoms with van der Waals surface area (Å²) in [5.41, 5.74) is 0. The van der Waals surface area contributed by atoms with Crippen molar-refractivity contribution >= 4 is 19.8 Å². The molecule has 0 radical (unpaired) electrons. The Balaban J connectivity index is 4.11. The number of phosphoric ester groups is 1. The molecule has 10 heteroatoms. The molecule has 9 nitrogen and oxygen atoms in total. The average molecular weight is 1150 g/mol. The zero-order valence-corrected chi connectivity index (χ0v) is 53.9. The molecule has 0 saturated carbocycles. The molecule has 0 aliphatic carbocycles. The fraction of sp³-hybridized carbons (Fsp3) is 0.718. The molecule has 0 aliphatic heterocycles. The monoisotopic (exact) mass is 1150 g/mol. The summed E-state index contributed by atoms with van der Waals surface area (Å²) in [5, 5.41) is 0. The molecule has 0 spiro atoms. The molecule has 0 aromatic heterocycles. The molecular weight excluding hydrogens is 1030 g/mol. The van der Waals surface area contributed by atoms with Crippen LogP contribution in [-0.4, -0.2) is 74.9 Å². The van der Waals surface area contributed by atoms with Crippen LogP contribution in [0.5, 0.6) is 0 Å². The maximum absolute atomic E-state index is 12.9. The fourth-order valence-electron chi connectivity index (χ4n) is 9.01. The lowest BCUT2D eigenvalue weighted by atomic mass is 10.0. The van der Waals surface area contributed by atoms with Crippen molar-refractivity contribution in [2.24, 2.45) is 0 Å². The molecule has 0 aliphatic rings. The lowest BCUT2D eigenvalue weighted by molar-refractivity contribution is -0.870. The number of esters is 2. The summed E-state index contributed by atoms with van der Waals surface area (Å²) in [4.78, 5) is 35.8. The number of phosphoric acid groups is 1. The highest BCUT2D eigenvalue weighted by molar-refractivity contribution is 7.47. The molecule has 0 fully saturated rings. The van der Waals surface area contributed by atoms with E-state index in [0.717, 1.165) is 103 Å². The van der Waals surface area contributed by atoms with Crippen LogP contribution < -0.4 is 0 Å². The number of hydrogen-bond donors (Lipinski definition) is 1. The predicted molar refractivity (Wildman–Crippen MR) is 348 cm³/mol. The second-order valence-electron chi connectivity index (χ2n) is 23.1. The van der Waals surface area contributed by atoms with E-state index in [4.69, 9.17) is 18.5 Å². The number of carbonyl (C=O) groups is 2. The van der Waals surface area contributed by atoms with Crippen LogP contribution in [0.4, 0.5) is 0 Å². The summed E-state index contributed by atoms with van der Waals surface area (Å²) < 4.78 is 34.7. The van der Waals surface area contributed by atoms with E-state index in [9.17, 15) is 19.0 Å². The Morgan fingerprint density at radius 2 is 0.704 bits per heavy atom. The van der Waals surface area contributed by atoms with Crippen LogP contribution in [0.2, 0.25) is 0 Å². The minimum absolute atomic E-state index is 0.0274. The number of likely N-dealkylation sites (N-methyl/N-ethyl adjacent to an activating group) is 1. The van der Waals surface area contributed by atoms with Crippen molar-refractivity contribution in [2.45, 2.75) is 283 Å². The first-order valence-electron chi connectivity index (χ1n) is 33.1. The smallest absolute Gasteiger partial charge is 0.462 e.